The molecule has 0 bridgehead atoms. The Hall–Kier alpha value is -3.93. The molecule has 0 aliphatic rings. The van der Waals surface area contributed by atoms with Crippen molar-refractivity contribution >= 4 is 17.9 Å². The highest BCUT2D eigenvalue weighted by atomic mass is 16.6. The molecule has 6 heteroatoms. The second kappa shape index (κ2) is 69.6. The third-order valence-corrected chi connectivity index (χ3v) is 15.0. The van der Waals surface area contributed by atoms with Crippen molar-refractivity contribution in [2.24, 2.45) is 0 Å². The number of rotatable bonds is 63. The zero-order chi connectivity index (χ0) is 59.2. The minimum atomic E-state index is -0.807. The van der Waals surface area contributed by atoms with Gasteiger partial charge in [-0.05, 0) is 103 Å². The average molecular weight is 1140 g/mol. The van der Waals surface area contributed by atoms with Gasteiger partial charge in [0.1, 0.15) is 13.2 Å². The van der Waals surface area contributed by atoms with Gasteiger partial charge in [-0.25, -0.2) is 0 Å². The van der Waals surface area contributed by atoms with Crippen molar-refractivity contribution in [1.29, 1.82) is 0 Å². The highest BCUT2D eigenvalue weighted by Gasteiger charge is 2.19. The summed E-state index contributed by atoms with van der Waals surface area (Å²) in [7, 11) is 0. The molecule has 1 atom stereocenters. The fourth-order valence-corrected chi connectivity index (χ4v) is 9.82. The zero-order valence-electron chi connectivity index (χ0n) is 54.0. The summed E-state index contributed by atoms with van der Waals surface area (Å²) >= 11 is 0. The minimum Gasteiger partial charge on any atom is -0.462 e. The summed E-state index contributed by atoms with van der Waals surface area (Å²) in [5, 5.41) is 0. The van der Waals surface area contributed by atoms with Crippen molar-refractivity contribution in [3.05, 3.63) is 109 Å². The van der Waals surface area contributed by atoms with E-state index in [-0.39, 0.29) is 37.5 Å². The van der Waals surface area contributed by atoms with Crippen LogP contribution in [0.1, 0.15) is 335 Å². The number of esters is 3. The number of carbonyl (C=O) groups is 3. The van der Waals surface area contributed by atoms with Gasteiger partial charge in [-0.3, -0.25) is 14.4 Å². The Morgan fingerprint density at radius 3 is 0.793 bits per heavy atom. The van der Waals surface area contributed by atoms with Crippen LogP contribution in [0.4, 0.5) is 0 Å². The van der Waals surface area contributed by atoms with E-state index in [0.717, 1.165) is 96.3 Å². The lowest BCUT2D eigenvalue weighted by atomic mass is 10.0. The Morgan fingerprint density at radius 1 is 0.256 bits per heavy atom. The van der Waals surface area contributed by atoms with E-state index in [2.05, 4.69) is 130 Å². The lowest BCUT2D eigenvalue weighted by molar-refractivity contribution is -0.167. The Labute approximate surface area is 508 Å². The monoisotopic (exact) mass is 1140 g/mol. The lowest BCUT2D eigenvalue weighted by Crippen LogP contribution is -2.30. The predicted molar refractivity (Wildman–Crippen MR) is 357 cm³/mol. The van der Waals surface area contributed by atoms with Crippen LogP contribution in [0.25, 0.3) is 0 Å². The van der Waals surface area contributed by atoms with Crippen LogP contribution < -0.4 is 0 Å². The average Bonchev–Trinajstić information content (AvgIpc) is 3.47. The fourth-order valence-electron chi connectivity index (χ4n) is 9.82. The Kier molecular flexibility index (Phi) is 66.2. The summed E-state index contributed by atoms with van der Waals surface area (Å²) in [6.45, 7) is 6.51. The standard InChI is InChI=1S/C76H130O6/c1-4-7-10-13-16-19-22-25-28-31-34-37-38-40-42-45-48-51-54-57-60-63-66-69-75(78)81-72-73(71-80-74(77)68-65-62-59-56-53-50-47-44-41-36-33-30-27-24-21-18-15-12-9-6-3)82-76(79)70-67-64-61-58-55-52-49-46-43-39-35-32-29-26-23-20-17-14-11-8-5-2/h7,10,16,19,23,25-26,28,32,34-35,37,40,42,48,51,57,60,73H,4-6,8-9,11-15,17-18,20-22,24,27,29-31,33,36,38-39,41,43-47,49-50,52-56,58-59,61-72H2,1-3H3/b10-7-,19-16-,26-23-,28-25-,35-32-,37-34-,42-40-,51-48-,60-57-. The van der Waals surface area contributed by atoms with E-state index in [4.69, 9.17) is 14.2 Å². The van der Waals surface area contributed by atoms with Gasteiger partial charge in [0.25, 0.3) is 0 Å². The maximum atomic E-state index is 13.0. The normalized spacial score (nSPS) is 12.8. The van der Waals surface area contributed by atoms with Crippen molar-refractivity contribution in [3.8, 4) is 0 Å². The molecule has 0 aliphatic heterocycles. The number of allylic oxidation sites excluding steroid dienone is 18. The van der Waals surface area contributed by atoms with E-state index in [1.54, 1.807) is 0 Å². The predicted octanol–water partition coefficient (Wildman–Crippen LogP) is 24.2. The van der Waals surface area contributed by atoms with Crippen LogP contribution in [0, 0.1) is 0 Å². The molecule has 0 aliphatic carbocycles. The van der Waals surface area contributed by atoms with Crippen LogP contribution in [0.15, 0.2) is 109 Å². The topological polar surface area (TPSA) is 78.9 Å². The lowest BCUT2D eigenvalue weighted by Gasteiger charge is -2.18. The first-order chi connectivity index (χ1) is 40.5. The molecule has 82 heavy (non-hydrogen) atoms. The van der Waals surface area contributed by atoms with Crippen LogP contribution in [-0.4, -0.2) is 37.2 Å². The first kappa shape index (κ1) is 78.1. The summed E-state index contributed by atoms with van der Waals surface area (Å²) in [6, 6.07) is 0. The number of carbonyl (C=O) groups excluding carboxylic acids is 3. The molecule has 0 amide bonds. The SMILES string of the molecule is CC/C=C\C/C=C\C/C=C\C/C=C\C/C=C\C/C=C\C/C=C\CCCC(=O)OCC(COC(=O)CCCCCCCCCCCCCCCCCCCCCC)OC(=O)CCCCCCCCCCC/C=C\C/C=C\CCCCCCC. The highest BCUT2D eigenvalue weighted by molar-refractivity contribution is 5.71. The van der Waals surface area contributed by atoms with Gasteiger partial charge in [-0.2, -0.15) is 0 Å². The van der Waals surface area contributed by atoms with Gasteiger partial charge in [0.2, 0.25) is 0 Å². The molecule has 1 unspecified atom stereocenters. The summed E-state index contributed by atoms with van der Waals surface area (Å²) in [5.41, 5.74) is 0. The van der Waals surface area contributed by atoms with Crippen LogP contribution in [-0.2, 0) is 28.6 Å². The largest absolute Gasteiger partial charge is 0.462 e. The van der Waals surface area contributed by atoms with Gasteiger partial charge in [0, 0.05) is 19.3 Å². The number of ether oxygens (including phenoxy) is 3. The molecule has 0 aromatic rings. The van der Waals surface area contributed by atoms with Gasteiger partial charge >= 0.3 is 17.9 Å². The van der Waals surface area contributed by atoms with E-state index in [1.807, 2.05) is 0 Å². The quantitative estimate of drug-likeness (QED) is 0.0261. The molecule has 0 aromatic carbocycles. The molecule has 470 valence electrons. The van der Waals surface area contributed by atoms with Gasteiger partial charge in [-0.1, -0.05) is 323 Å². The summed E-state index contributed by atoms with van der Waals surface area (Å²) < 4.78 is 16.9. The molecule has 0 aromatic heterocycles. The van der Waals surface area contributed by atoms with Crippen molar-refractivity contribution < 1.29 is 28.6 Å². The van der Waals surface area contributed by atoms with Crippen molar-refractivity contribution in [1.82, 2.24) is 0 Å². The van der Waals surface area contributed by atoms with Crippen molar-refractivity contribution in [3.63, 3.8) is 0 Å². The van der Waals surface area contributed by atoms with E-state index in [0.29, 0.717) is 19.3 Å². The molecule has 0 saturated carbocycles. The zero-order valence-corrected chi connectivity index (χ0v) is 54.0. The van der Waals surface area contributed by atoms with Crippen LogP contribution in [0.5, 0.6) is 0 Å². The van der Waals surface area contributed by atoms with E-state index >= 15 is 0 Å². The summed E-state index contributed by atoms with van der Waals surface area (Å²) in [5.74, 6) is -0.948. The van der Waals surface area contributed by atoms with Gasteiger partial charge in [0.15, 0.2) is 6.10 Å². The fraction of sp³-hybridized carbons (Fsp3) is 0.724. The first-order valence-corrected chi connectivity index (χ1v) is 34.9. The molecule has 0 radical (unpaired) electrons. The molecule has 0 fully saturated rings. The molecule has 0 spiro atoms. The van der Waals surface area contributed by atoms with Crippen LogP contribution >= 0.6 is 0 Å². The first-order valence-electron chi connectivity index (χ1n) is 34.9. The van der Waals surface area contributed by atoms with E-state index in [1.165, 1.54) is 193 Å². The Balaban J connectivity index is 4.47. The van der Waals surface area contributed by atoms with Crippen LogP contribution in [0.3, 0.4) is 0 Å². The maximum absolute atomic E-state index is 13.0. The second-order valence-electron chi connectivity index (χ2n) is 23.1. The van der Waals surface area contributed by atoms with Gasteiger partial charge < -0.3 is 14.2 Å². The van der Waals surface area contributed by atoms with Crippen molar-refractivity contribution in [2.45, 2.75) is 341 Å². The molecule has 0 heterocycles. The molecule has 0 saturated heterocycles. The molecule has 0 N–H and O–H groups in total. The number of unbranched alkanes of at least 4 members (excludes halogenated alkanes) is 34. The Bertz CT molecular complexity index is 1640. The number of hydrogen-bond acceptors (Lipinski definition) is 6. The summed E-state index contributed by atoms with van der Waals surface area (Å²) in [6.07, 6.45) is 95.4. The molecular formula is C76H130O6. The molecular weight excluding hydrogens is 1010 g/mol. The highest BCUT2D eigenvalue weighted by Crippen LogP contribution is 2.17. The van der Waals surface area contributed by atoms with Crippen LogP contribution in [0.2, 0.25) is 0 Å². The number of hydrogen-bond donors (Lipinski definition) is 0. The smallest absolute Gasteiger partial charge is 0.306 e. The molecule has 0 rings (SSSR count). The van der Waals surface area contributed by atoms with Gasteiger partial charge in [-0.15, -0.1) is 0 Å². The third kappa shape index (κ3) is 66.9. The Morgan fingerprint density at radius 2 is 0.488 bits per heavy atom. The third-order valence-electron chi connectivity index (χ3n) is 15.0. The van der Waals surface area contributed by atoms with E-state index < -0.39 is 6.10 Å². The summed E-state index contributed by atoms with van der Waals surface area (Å²) in [4.78, 5) is 38.5. The molecule has 6 nitrogen and oxygen atoms in total. The maximum Gasteiger partial charge on any atom is 0.306 e. The second-order valence-corrected chi connectivity index (χ2v) is 23.1. The van der Waals surface area contributed by atoms with Gasteiger partial charge in [0.05, 0.1) is 0 Å². The minimum absolute atomic E-state index is 0.0959. The van der Waals surface area contributed by atoms with E-state index in [9.17, 15) is 14.4 Å². The van der Waals surface area contributed by atoms with Crippen molar-refractivity contribution in [2.75, 3.05) is 13.2 Å².